The first-order chi connectivity index (χ1) is 9.63. The first-order valence-corrected chi connectivity index (χ1v) is 6.92. The van der Waals surface area contributed by atoms with Crippen LogP contribution in [0.4, 0.5) is 0 Å². The molecule has 0 radical (unpaired) electrons. The van der Waals surface area contributed by atoms with E-state index in [0.29, 0.717) is 12.2 Å². The summed E-state index contributed by atoms with van der Waals surface area (Å²) in [5, 5.41) is 18.3. The van der Waals surface area contributed by atoms with Crippen molar-refractivity contribution in [3.05, 3.63) is 24.0 Å². The molecule has 1 fully saturated rings. The molecule has 1 aromatic heterocycles. The molecule has 110 valence electrons. The SMILES string of the molecule is O=C(O)Cn1cccc1C(=O)N1CCCCCC1CO. The number of hydrogen-bond acceptors (Lipinski definition) is 3. The number of carboxylic acids is 1. The zero-order valence-corrected chi connectivity index (χ0v) is 11.4. The first kappa shape index (κ1) is 14.6. The molecular formula is C14H20N2O4. The molecule has 1 aliphatic rings. The molecule has 1 aromatic rings. The molecule has 6 heteroatoms. The van der Waals surface area contributed by atoms with Crippen molar-refractivity contribution in [2.45, 2.75) is 38.3 Å². The van der Waals surface area contributed by atoms with Gasteiger partial charge in [-0.25, -0.2) is 0 Å². The minimum absolute atomic E-state index is 0.0502. The lowest BCUT2D eigenvalue weighted by Crippen LogP contribution is -2.43. The predicted molar refractivity (Wildman–Crippen MR) is 72.4 cm³/mol. The molecule has 0 aliphatic carbocycles. The van der Waals surface area contributed by atoms with Gasteiger partial charge in [0.1, 0.15) is 12.2 Å². The molecule has 2 rings (SSSR count). The second-order valence-electron chi connectivity index (χ2n) is 5.10. The van der Waals surface area contributed by atoms with Crippen LogP contribution in [0.5, 0.6) is 0 Å². The van der Waals surface area contributed by atoms with Crippen molar-refractivity contribution in [1.29, 1.82) is 0 Å². The quantitative estimate of drug-likeness (QED) is 0.860. The van der Waals surface area contributed by atoms with Crippen molar-refractivity contribution >= 4 is 11.9 Å². The van der Waals surface area contributed by atoms with Gasteiger partial charge in [-0.3, -0.25) is 9.59 Å². The number of aliphatic hydroxyl groups is 1. The highest BCUT2D eigenvalue weighted by Gasteiger charge is 2.27. The van der Waals surface area contributed by atoms with E-state index in [4.69, 9.17) is 5.11 Å². The average molecular weight is 280 g/mol. The second kappa shape index (κ2) is 6.56. The highest BCUT2D eigenvalue weighted by atomic mass is 16.4. The van der Waals surface area contributed by atoms with Gasteiger partial charge in [-0.2, -0.15) is 0 Å². The van der Waals surface area contributed by atoms with Gasteiger partial charge in [0.05, 0.1) is 12.6 Å². The van der Waals surface area contributed by atoms with Crippen LogP contribution in [0.3, 0.4) is 0 Å². The highest BCUT2D eigenvalue weighted by Crippen LogP contribution is 2.19. The summed E-state index contributed by atoms with van der Waals surface area (Å²) in [5.74, 6) is -1.18. The maximum Gasteiger partial charge on any atom is 0.323 e. The number of aromatic nitrogens is 1. The van der Waals surface area contributed by atoms with Gasteiger partial charge in [-0.05, 0) is 25.0 Å². The van der Waals surface area contributed by atoms with Crippen molar-refractivity contribution in [2.24, 2.45) is 0 Å². The van der Waals surface area contributed by atoms with Crippen molar-refractivity contribution in [1.82, 2.24) is 9.47 Å². The molecule has 1 unspecified atom stereocenters. The average Bonchev–Trinajstić information content (AvgIpc) is 2.73. The Bertz CT molecular complexity index is 483. The van der Waals surface area contributed by atoms with Crippen LogP contribution in [0.15, 0.2) is 18.3 Å². The van der Waals surface area contributed by atoms with Crippen molar-refractivity contribution in [3.8, 4) is 0 Å². The Labute approximate surface area is 117 Å². The Kier molecular flexibility index (Phi) is 4.79. The number of aliphatic hydroxyl groups excluding tert-OH is 1. The number of carboxylic acid groups (broad SMARTS) is 1. The molecule has 0 saturated carbocycles. The number of amides is 1. The van der Waals surface area contributed by atoms with Crippen LogP contribution in [0.1, 0.15) is 36.2 Å². The third-order valence-electron chi connectivity index (χ3n) is 3.70. The van der Waals surface area contributed by atoms with Gasteiger partial charge in [-0.15, -0.1) is 0 Å². The van der Waals surface area contributed by atoms with Crippen molar-refractivity contribution in [3.63, 3.8) is 0 Å². The van der Waals surface area contributed by atoms with Crippen LogP contribution in [0.25, 0.3) is 0 Å². The van der Waals surface area contributed by atoms with E-state index in [1.165, 1.54) is 4.57 Å². The van der Waals surface area contributed by atoms with Crippen LogP contribution in [-0.2, 0) is 11.3 Å². The molecule has 1 saturated heterocycles. The normalized spacial score (nSPS) is 19.6. The Balaban J connectivity index is 2.20. The van der Waals surface area contributed by atoms with Crippen LogP contribution in [0.2, 0.25) is 0 Å². The van der Waals surface area contributed by atoms with E-state index in [-0.39, 0.29) is 25.1 Å². The Hall–Kier alpha value is -1.82. The number of carbonyl (C=O) groups excluding carboxylic acids is 1. The minimum atomic E-state index is -0.982. The predicted octanol–water partition coefficient (Wildman–Crippen LogP) is 0.950. The molecule has 0 bridgehead atoms. The van der Waals surface area contributed by atoms with Gasteiger partial charge in [0.15, 0.2) is 0 Å². The van der Waals surface area contributed by atoms with Crippen molar-refractivity contribution < 1.29 is 19.8 Å². The number of hydrogen-bond donors (Lipinski definition) is 2. The summed E-state index contributed by atoms with van der Waals surface area (Å²) < 4.78 is 1.43. The molecule has 1 aliphatic heterocycles. The molecule has 1 atom stereocenters. The lowest BCUT2D eigenvalue weighted by Gasteiger charge is -2.28. The molecule has 0 spiro atoms. The monoisotopic (exact) mass is 280 g/mol. The van der Waals surface area contributed by atoms with Gasteiger partial charge in [0, 0.05) is 12.7 Å². The zero-order chi connectivity index (χ0) is 14.5. The van der Waals surface area contributed by atoms with Gasteiger partial charge < -0.3 is 19.7 Å². The summed E-state index contributed by atoms with van der Waals surface area (Å²) in [5.41, 5.74) is 0.368. The third-order valence-corrected chi connectivity index (χ3v) is 3.70. The molecule has 2 N–H and O–H groups in total. The van der Waals surface area contributed by atoms with E-state index in [1.807, 2.05) is 0 Å². The molecule has 2 heterocycles. The van der Waals surface area contributed by atoms with Crippen LogP contribution in [-0.4, -0.2) is 50.8 Å². The van der Waals surface area contributed by atoms with Crippen LogP contribution < -0.4 is 0 Å². The van der Waals surface area contributed by atoms with Crippen LogP contribution in [0, 0.1) is 0 Å². The van der Waals surface area contributed by atoms with E-state index >= 15 is 0 Å². The maximum atomic E-state index is 12.6. The first-order valence-electron chi connectivity index (χ1n) is 6.92. The number of aliphatic carboxylic acids is 1. The van der Waals surface area contributed by atoms with Crippen molar-refractivity contribution in [2.75, 3.05) is 13.2 Å². The number of carbonyl (C=O) groups is 2. The molecular weight excluding hydrogens is 260 g/mol. The molecule has 20 heavy (non-hydrogen) atoms. The fourth-order valence-electron chi connectivity index (χ4n) is 2.67. The fourth-order valence-corrected chi connectivity index (χ4v) is 2.67. The molecule has 6 nitrogen and oxygen atoms in total. The fraction of sp³-hybridized carbons (Fsp3) is 0.571. The Morgan fingerprint density at radius 1 is 1.30 bits per heavy atom. The van der Waals surface area contributed by atoms with Gasteiger partial charge in [0.25, 0.3) is 5.91 Å². The Morgan fingerprint density at radius 2 is 2.10 bits per heavy atom. The number of likely N-dealkylation sites (tertiary alicyclic amines) is 1. The van der Waals surface area contributed by atoms with E-state index in [2.05, 4.69) is 0 Å². The second-order valence-corrected chi connectivity index (χ2v) is 5.10. The minimum Gasteiger partial charge on any atom is -0.480 e. The van der Waals surface area contributed by atoms with Gasteiger partial charge >= 0.3 is 5.97 Å². The standard InChI is InChI=1S/C14H20N2O4/c17-10-11-5-2-1-3-8-16(11)14(20)12-6-4-7-15(12)9-13(18)19/h4,6-7,11,17H,1-3,5,8-10H2,(H,18,19). The third kappa shape index (κ3) is 3.19. The summed E-state index contributed by atoms with van der Waals surface area (Å²) in [6, 6.07) is 3.13. The summed E-state index contributed by atoms with van der Waals surface area (Å²) in [7, 11) is 0. The van der Waals surface area contributed by atoms with Crippen LogP contribution >= 0.6 is 0 Å². The van der Waals surface area contributed by atoms with E-state index < -0.39 is 5.97 Å². The summed E-state index contributed by atoms with van der Waals surface area (Å²) in [6.45, 7) is 0.333. The number of nitrogens with zero attached hydrogens (tertiary/aromatic N) is 2. The van der Waals surface area contributed by atoms with Gasteiger partial charge in [0.2, 0.25) is 0 Å². The summed E-state index contributed by atoms with van der Waals surface area (Å²) in [4.78, 5) is 25.1. The van der Waals surface area contributed by atoms with E-state index in [9.17, 15) is 14.7 Å². The van der Waals surface area contributed by atoms with Gasteiger partial charge in [-0.1, -0.05) is 12.8 Å². The molecule has 1 amide bonds. The highest BCUT2D eigenvalue weighted by molar-refractivity contribution is 5.93. The lowest BCUT2D eigenvalue weighted by molar-refractivity contribution is -0.137. The number of rotatable bonds is 4. The maximum absolute atomic E-state index is 12.6. The van der Waals surface area contributed by atoms with E-state index in [0.717, 1.165) is 25.7 Å². The van der Waals surface area contributed by atoms with E-state index in [1.54, 1.807) is 23.2 Å². The lowest BCUT2D eigenvalue weighted by atomic mass is 10.1. The summed E-state index contributed by atoms with van der Waals surface area (Å²) in [6.07, 6.45) is 5.36. The molecule has 0 aromatic carbocycles. The Morgan fingerprint density at radius 3 is 2.80 bits per heavy atom. The smallest absolute Gasteiger partial charge is 0.323 e. The largest absolute Gasteiger partial charge is 0.480 e. The topological polar surface area (TPSA) is 82.8 Å². The zero-order valence-electron chi connectivity index (χ0n) is 11.4. The summed E-state index contributed by atoms with van der Waals surface area (Å²) >= 11 is 0.